The van der Waals surface area contributed by atoms with Crippen LogP contribution in [0.15, 0.2) is 52.9 Å². The van der Waals surface area contributed by atoms with Gasteiger partial charge in [-0.1, -0.05) is 30.3 Å². The van der Waals surface area contributed by atoms with Crippen molar-refractivity contribution in [1.82, 2.24) is 5.32 Å². The summed E-state index contributed by atoms with van der Waals surface area (Å²) in [7, 11) is 0.522. The van der Waals surface area contributed by atoms with Crippen LogP contribution in [0.3, 0.4) is 0 Å². The van der Waals surface area contributed by atoms with Crippen LogP contribution in [-0.4, -0.2) is 23.5 Å². The number of methoxy groups -OCH3 is 1. The van der Waals surface area contributed by atoms with Crippen molar-refractivity contribution in [1.29, 1.82) is 0 Å². The first-order valence-corrected chi connectivity index (χ1v) is 9.52. The fourth-order valence-corrected chi connectivity index (χ4v) is 3.37. The summed E-state index contributed by atoms with van der Waals surface area (Å²) in [6, 6.07) is 14.9. The fraction of sp³-hybridized carbons (Fsp3) is 0.211. The molecule has 1 N–H and O–H groups in total. The van der Waals surface area contributed by atoms with E-state index in [0.29, 0.717) is 17.7 Å². The zero-order chi connectivity index (χ0) is 17.8. The van der Waals surface area contributed by atoms with Crippen LogP contribution in [0.4, 0.5) is 0 Å². The second-order valence-corrected chi connectivity index (χ2v) is 7.09. The number of benzene rings is 2. The molecule has 0 spiro atoms. The summed E-state index contributed by atoms with van der Waals surface area (Å²) >= 11 is 0. The highest BCUT2D eigenvalue weighted by molar-refractivity contribution is 7.83. The molecule has 0 aliphatic heterocycles. The van der Waals surface area contributed by atoms with Gasteiger partial charge in [-0.05, 0) is 23.8 Å². The van der Waals surface area contributed by atoms with E-state index in [4.69, 9.17) is 9.15 Å². The number of carbonyl (C=O) groups is 1. The Kier molecular flexibility index (Phi) is 5.19. The van der Waals surface area contributed by atoms with E-state index < -0.39 is 10.8 Å². The van der Waals surface area contributed by atoms with E-state index >= 15 is 0 Å². The first-order chi connectivity index (χ1) is 12.1. The normalized spacial score (nSPS) is 12.1. The molecule has 0 saturated carbocycles. The summed E-state index contributed by atoms with van der Waals surface area (Å²) in [5.41, 5.74) is 2.22. The van der Waals surface area contributed by atoms with Gasteiger partial charge in [0.05, 0.1) is 12.9 Å². The molecule has 1 atom stereocenters. The molecule has 0 aliphatic carbocycles. The summed E-state index contributed by atoms with van der Waals surface area (Å²) in [4.78, 5) is 12.6. The van der Waals surface area contributed by atoms with Crippen LogP contribution in [0, 0.1) is 0 Å². The number of fused-ring (bicyclic) bond motifs is 1. The Morgan fingerprint density at radius 2 is 2.00 bits per heavy atom. The lowest BCUT2D eigenvalue weighted by Gasteiger charge is -2.07. The molecule has 2 aromatic carbocycles. The van der Waals surface area contributed by atoms with Crippen LogP contribution in [-0.2, 0) is 23.1 Å². The van der Waals surface area contributed by atoms with Gasteiger partial charge in [0.15, 0.2) is 5.76 Å². The van der Waals surface area contributed by atoms with E-state index in [9.17, 15) is 9.00 Å². The molecule has 130 valence electrons. The predicted molar refractivity (Wildman–Crippen MR) is 98.1 cm³/mol. The summed E-state index contributed by atoms with van der Waals surface area (Å²) in [5, 5.41) is 3.68. The lowest BCUT2D eigenvalue weighted by atomic mass is 10.1. The molecule has 25 heavy (non-hydrogen) atoms. The SMILES string of the molecule is COc1cccc(CNC(=O)c2oc3ccccc3c2C[S@](C)=O)c1. The highest BCUT2D eigenvalue weighted by Crippen LogP contribution is 2.27. The lowest BCUT2D eigenvalue weighted by molar-refractivity contribution is 0.0924. The molecule has 1 aromatic heterocycles. The minimum atomic E-state index is -1.08. The van der Waals surface area contributed by atoms with Gasteiger partial charge in [0, 0.05) is 34.5 Å². The zero-order valence-corrected chi connectivity index (χ0v) is 14.9. The fourth-order valence-electron chi connectivity index (χ4n) is 2.67. The molecule has 0 bridgehead atoms. The van der Waals surface area contributed by atoms with E-state index in [1.54, 1.807) is 19.4 Å². The molecule has 6 heteroatoms. The van der Waals surface area contributed by atoms with Gasteiger partial charge in [-0.15, -0.1) is 0 Å². The zero-order valence-electron chi connectivity index (χ0n) is 14.1. The Bertz CT molecular complexity index is 932. The topological polar surface area (TPSA) is 68.5 Å². The summed E-state index contributed by atoms with van der Waals surface area (Å²) in [6.45, 7) is 0.349. The Morgan fingerprint density at radius 1 is 1.20 bits per heavy atom. The standard InChI is InChI=1S/C19H19NO4S/c1-23-14-7-5-6-13(10-14)11-20-19(21)18-16(12-25(2)22)15-8-3-4-9-17(15)24-18/h3-10H,11-12H2,1-2H3,(H,20,21)/t25-/m0/s1. The van der Waals surface area contributed by atoms with E-state index in [1.165, 1.54) is 0 Å². The molecule has 0 fully saturated rings. The maximum Gasteiger partial charge on any atom is 0.287 e. The van der Waals surface area contributed by atoms with E-state index in [-0.39, 0.29) is 17.4 Å². The first-order valence-electron chi connectivity index (χ1n) is 7.80. The number of ether oxygens (including phenoxy) is 1. The third kappa shape index (κ3) is 3.91. The van der Waals surface area contributed by atoms with Gasteiger partial charge in [-0.25, -0.2) is 0 Å². The van der Waals surface area contributed by atoms with E-state index in [2.05, 4.69) is 5.32 Å². The average Bonchev–Trinajstić information content (AvgIpc) is 2.98. The van der Waals surface area contributed by atoms with Crippen LogP contribution < -0.4 is 10.1 Å². The highest BCUT2D eigenvalue weighted by atomic mass is 32.2. The van der Waals surface area contributed by atoms with Gasteiger partial charge >= 0.3 is 0 Å². The van der Waals surface area contributed by atoms with Gasteiger partial charge in [0.2, 0.25) is 0 Å². The molecule has 0 radical (unpaired) electrons. The van der Waals surface area contributed by atoms with Crippen molar-refractivity contribution < 1.29 is 18.2 Å². The highest BCUT2D eigenvalue weighted by Gasteiger charge is 2.21. The van der Waals surface area contributed by atoms with Gasteiger partial charge in [0.1, 0.15) is 11.3 Å². The van der Waals surface area contributed by atoms with Crippen molar-refractivity contribution in [3.63, 3.8) is 0 Å². The van der Waals surface area contributed by atoms with Gasteiger partial charge in [-0.3, -0.25) is 9.00 Å². The minimum absolute atomic E-state index is 0.222. The van der Waals surface area contributed by atoms with E-state index in [1.807, 2.05) is 42.5 Å². The molecule has 0 saturated heterocycles. The van der Waals surface area contributed by atoms with Crippen LogP contribution >= 0.6 is 0 Å². The molecule has 0 aliphatic rings. The van der Waals surface area contributed by atoms with Crippen molar-refractivity contribution in [3.8, 4) is 5.75 Å². The maximum atomic E-state index is 12.6. The molecule has 1 heterocycles. The number of nitrogens with one attached hydrogen (secondary N) is 1. The minimum Gasteiger partial charge on any atom is -0.497 e. The number of hydrogen-bond donors (Lipinski definition) is 1. The molecule has 1 amide bonds. The van der Waals surface area contributed by atoms with Crippen molar-refractivity contribution in [2.45, 2.75) is 12.3 Å². The second-order valence-electron chi connectivity index (χ2n) is 5.66. The van der Waals surface area contributed by atoms with Crippen molar-refractivity contribution in [2.75, 3.05) is 13.4 Å². The predicted octanol–water partition coefficient (Wildman–Crippen LogP) is 3.25. The van der Waals surface area contributed by atoms with Crippen molar-refractivity contribution in [3.05, 3.63) is 65.4 Å². The molecular formula is C19H19NO4S. The van der Waals surface area contributed by atoms with Crippen LogP contribution in [0.5, 0.6) is 5.75 Å². The van der Waals surface area contributed by atoms with E-state index in [0.717, 1.165) is 16.7 Å². The Balaban J connectivity index is 1.84. The quantitative estimate of drug-likeness (QED) is 0.735. The number of carbonyl (C=O) groups excluding carboxylic acids is 1. The number of furan rings is 1. The number of hydrogen-bond acceptors (Lipinski definition) is 4. The number of para-hydroxylation sites is 1. The average molecular weight is 357 g/mol. The van der Waals surface area contributed by atoms with Crippen molar-refractivity contribution in [2.24, 2.45) is 0 Å². The summed E-state index contributed by atoms with van der Waals surface area (Å²) in [6.07, 6.45) is 1.61. The smallest absolute Gasteiger partial charge is 0.287 e. The molecule has 5 nitrogen and oxygen atoms in total. The largest absolute Gasteiger partial charge is 0.497 e. The Morgan fingerprint density at radius 3 is 2.76 bits per heavy atom. The van der Waals surface area contributed by atoms with Crippen LogP contribution in [0.1, 0.15) is 21.7 Å². The van der Waals surface area contributed by atoms with Gasteiger partial charge in [-0.2, -0.15) is 0 Å². The molecular weight excluding hydrogens is 338 g/mol. The van der Waals surface area contributed by atoms with Crippen LogP contribution in [0.2, 0.25) is 0 Å². The monoisotopic (exact) mass is 357 g/mol. The third-order valence-corrected chi connectivity index (χ3v) is 4.53. The summed E-state index contributed by atoms with van der Waals surface area (Å²) in [5.74, 6) is 0.912. The summed E-state index contributed by atoms with van der Waals surface area (Å²) < 4.78 is 22.6. The molecule has 0 unspecified atom stereocenters. The number of rotatable bonds is 6. The van der Waals surface area contributed by atoms with Crippen molar-refractivity contribution >= 4 is 27.7 Å². The Hall–Kier alpha value is -2.60. The van der Waals surface area contributed by atoms with Crippen LogP contribution in [0.25, 0.3) is 11.0 Å². The third-order valence-electron chi connectivity index (χ3n) is 3.84. The maximum absolute atomic E-state index is 12.6. The first kappa shape index (κ1) is 17.2. The molecule has 3 rings (SSSR count). The second kappa shape index (κ2) is 7.53. The Labute approximate surface area is 148 Å². The molecule has 3 aromatic rings. The van der Waals surface area contributed by atoms with Gasteiger partial charge in [0.25, 0.3) is 5.91 Å². The number of amides is 1. The lowest BCUT2D eigenvalue weighted by Crippen LogP contribution is -2.23. The van der Waals surface area contributed by atoms with Gasteiger partial charge < -0.3 is 14.5 Å².